The molecule has 0 radical (unpaired) electrons. The summed E-state index contributed by atoms with van der Waals surface area (Å²) in [6.07, 6.45) is 5.72. The first-order valence-corrected chi connectivity index (χ1v) is 8.08. The van der Waals surface area contributed by atoms with Crippen molar-refractivity contribution in [3.05, 3.63) is 29.8 Å². The highest BCUT2D eigenvalue weighted by atomic mass is 16.5. The molecule has 0 heterocycles. The van der Waals surface area contributed by atoms with Crippen molar-refractivity contribution in [3.8, 4) is 5.75 Å². The highest BCUT2D eigenvalue weighted by Crippen LogP contribution is 2.43. The Morgan fingerprint density at radius 3 is 2.80 bits per heavy atom. The van der Waals surface area contributed by atoms with Crippen molar-refractivity contribution in [2.75, 3.05) is 6.61 Å². The predicted molar refractivity (Wildman–Crippen MR) is 84.9 cm³/mol. The summed E-state index contributed by atoms with van der Waals surface area (Å²) in [5, 5.41) is 0. The van der Waals surface area contributed by atoms with Crippen LogP contribution in [0.4, 0.5) is 0 Å². The zero-order chi connectivity index (χ0) is 14.6. The Labute approximate surface area is 123 Å². The second kappa shape index (κ2) is 6.62. The van der Waals surface area contributed by atoms with Crippen LogP contribution in [0.1, 0.15) is 58.4 Å². The van der Waals surface area contributed by atoms with Crippen LogP contribution >= 0.6 is 0 Å². The molecule has 0 aliphatic heterocycles. The number of benzene rings is 1. The summed E-state index contributed by atoms with van der Waals surface area (Å²) < 4.78 is 5.92. The number of para-hydroxylation sites is 1. The van der Waals surface area contributed by atoms with E-state index in [0.717, 1.165) is 37.5 Å². The molecule has 112 valence electrons. The van der Waals surface area contributed by atoms with Gasteiger partial charge in [-0.15, -0.1) is 0 Å². The molecule has 1 aliphatic rings. The van der Waals surface area contributed by atoms with E-state index in [2.05, 4.69) is 39.0 Å². The highest BCUT2D eigenvalue weighted by molar-refractivity contribution is 5.39. The molecular weight excluding hydrogens is 246 g/mol. The minimum Gasteiger partial charge on any atom is -0.493 e. The Bertz CT molecular complexity index is 429. The molecule has 2 atom stereocenters. The van der Waals surface area contributed by atoms with Crippen LogP contribution in [-0.4, -0.2) is 6.61 Å². The number of rotatable bonds is 5. The molecule has 2 heteroatoms. The Balaban J connectivity index is 2.24. The summed E-state index contributed by atoms with van der Waals surface area (Å²) >= 11 is 0. The van der Waals surface area contributed by atoms with Gasteiger partial charge < -0.3 is 10.5 Å². The van der Waals surface area contributed by atoms with Gasteiger partial charge in [-0.3, -0.25) is 0 Å². The normalized spacial score (nSPS) is 26.8. The third-order valence-electron chi connectivity index (χ3n) is 4.65. The Morgan fingerprint density at radius 1 is 1.35 bits per heavy atom. The summed E-state index contributed by atoms with van der Waals surface area (Å²) in [7, 11) is 0. The van der Waals surface area contributed by atoms with Crippen LogP contribution in [0.2, 0.25) is 0 Å². The van der Waals surface area contributed by atoms with Gasteiger partial charge in [0.1, 0.15) is 5.75 Å². The first-order chi connectivity index (χ1) is 9.57. The van der Waals surface area contributed by atoms with Gasteiger partial charge in [-0.2, -0.15) is 0 Å². The third-order valence-corrected chi connectivity index (χ3v) is 4.65. The van der Waals surface area contributed by atoms with Gasteiger partial charge in [-0.05, 0) is 37.2 Å². The predicted octanol–water partition coefficient (Wildman–Crippen LogP) is 4.48. The third kappa shape index (κ3) is 3.35. The maximum Gasteiger partial charge on any atom is 0.124 e. The fourth-order valence-electron chi connectivity index (χ4n) is 3.38. The first kappa shape index (κ1) is 15.4. The lowest BCUT2D eigenvalue weighted by atomic mass is 9.69. The van der Waals surface area contributed by atoms with Gasteiger partial charge in [0.05, 0.1) is 6.61 Å². The largest absolute Gasteiger partial charge is 0.493 e. The highest BCUT2D eigenvalue weighted by Gasteiger charge is 2.37. The lowest BCUT2D eigenvalue weighted by Gasteiger charge is -2.40. The van der Waals surface area contributed by atoms with Crippen LogP contribution < -0.4 is 10.5 Å². The van der Waals surface area contributed by atoms with Crippen molar-refractivity contribution < 1.29 is 4.74 Å². The average Bonchev–Trinajstić information content (AvgIpc) is 2.45. The van der Waals surface area contributed by atoms with E-state index in [-0.39, 0.29) is 5.54 Å². The van der Waals surface area contributed by atoms with Crippen LogP contribution in [0.15, 0.2) is 24.3 Å². The first-order valence-electron chi connectivity index (χ1n) is 8.08. The quantitative estimate of drug-likeness (QED) is 0.860. The van der Waals surface area contributed by atoms with Crippen LogP contribution in [0.3, 0.4) is 0 Å². The molecule has 1 aromatic carbocycles. The fourth-order valence-corrected chi connectivity index (χ4v) is 3.38. The van der Waals surface area contributed by atoms with Crippen LogP contribution in [0.5, 0.6) is 5.75 Å². The van der Waals surface area contributed by atoms with Gasteiger partial charge in [0, 0.05) is 11.1 Å². The minimum atomic E-state index is -0.211. The second-order valence-electron chi connectivity index (χ2n) is 6.60. The van der Waals surface area contributed by atoms with Crippen molar-refractivity contribution >= 4 is 0 Å². The van der Waals surface area contributed by atoms with Gasteiger partial charge in [0.25, 0.3) is 0 Å². The molecule has 1 aliphatic carbocycles. The monoisotopic (exact) mass is 275 g/mol. The van der Waals surface area contributed by atoms with Gasteiger partial charge in [0.15, 0.2) is 0 Å². The summed E-state index contributed by atoms with van der Waals surface area (Å²) in [5.74, 6) is 2.43. The zero-order valence-corrected chi connectivity index (χ0v) is 13.2. The molecule has 0 amide bonds. The van der Waals surface area contributed by atoms with Gasteiger partial charge in [-0.25, -0.2) is 0 Å². The maximum absolute atomic E-state index is 6.80. The summed E-state index contributed by atoms with van der Waals surface area (Å²) in [5.41, 5.74) is 7.80. The molecule has 0 aromatic heterocycles. The van der Waals surface area contributed by atoms with E-state index in [1.165, 1.54) is 18.4 Å². The van der Waals surface area contributed by atoms with Crippen LogP contribution in [-0.2, 0) is 5.54 Å². The number of hydrogen-bond donors (Lipinski definition) is 1. The summed E-state index contributed by atoms with van der Waals surface area (Å²) in [6.45, 7) is 7.53. The number of nitrogens with two attached hydrogens (primary N) is 1. The zero-order valence-electron chi connectivity index (χ0n) is 13.2. The van der Waals surface area contributed by atoms with E-state index < -0.39 is 0 Å². The number of hydrogen-bond acceptors (Lipinski definition) is 2. The van der Waals surface area contributed by atoms with E-state index >= 15 is 0 Å². The summed E-state index contributed by atoms with van der Waals surface area (Å²) in [6, 6.07) is 8.36. The Morgan fingerprint density at radius 2 is 2.10 bits per heavy atom. The molecule has 0 bridgehead atoms. The summed E-state index contributed by atoms with van der Waals surface area (Å²) in [4.78, 5) is 0. The molecule has 2 unspecified atom stereocenters. The standard InChI is InChI=1S/C18H29NO/c1-4-12-20-17-10-6-5-9-16(17)18(19)11-7-8-15(13-18)14(2)3/h5-6,9-10,14-15H,4,7-8,11-13,19H2,1-3H3. The van der Waals surface area contributed by atoms with Gasteiger partial charge >= 0.3 is 0 Å². The molecule has 1 aromatic rings. The van der Waals surface area contributed by atoms with Gasteiger partial charge in [-0.1, -0.05) is 51.8 Å². The van der Waals surface area contributed by atoms with E-state index in [9.17, 15) is 0 Å². The Hall–Kier alpha value is -1.02. The molecule has 2 N–H and O–H groups in total. The van der Waals surface area contributed by atoms with Crippen molar-refractivity contribution in [1.29, 1.82) is 0 Å². The molecule has 0 saturated heterocycles. The molecule has 2 rings (SSSR count). The number of ether oxygens (including phenoxy) is 1. The van der Waals surface area contributed by atoms with E-state index in [1.807, 2.05) is 6.07 Å². The minimum absolute atomic E-state index is 0.211. The van der Waals surface area contributed by atoms with Crippen molar-refractivity contribution in [2.24, 2.45) is 17.6 Å². The molecule has 2 nitrogen and oxygen atoms in total. The average molecular weight is 275 g/mol. The molecule has 1 saturated carbocycles. The van der Waals surface area contributed by atoms with Crippen molar-refractivity contribution in [1.82, 2.24) is 0 Å². The fraction of sp³-hybridized carbons (Fsp3) is 0.667. The smallest absolute Gasteiger partial charge is 0.124 e. The van der Waals surface area contributed by atoms with E-state index in [1.54, 1.807) is 0 Å². The maximum atomic E-state index is 6.80. The van der Waals surface area contributed by atoms with E-state index in [0.29, 0.717) is 5.92 Å². The topological polar surface area (TPSA) is 35.2 Å². The second-order valence-corrected chi connectivity index (χ2v) is 6.60. The lowest BCUT2D eigenvalue weighted by Crippen LogP contribution is -2.42. The Kier molecular flexibility index (Phi) is 5.09. The van der Waals surface area contributed by atoms with Crippen molar-refractivity contribution in [3.63, 3.8) is 0 Å². The lowest BCUT2D eigenvalue weighted by molar-refractivity contribution is 0.178. The van der Waals surface area contributed by atoms with Crippen molar-refractivity contribution in [2.45, 2.75) is 58.4 Å². The molecular formula is C18H29NO. The SMILES string of the molecule is CCCOc1ccccc1C1(N)CCCC(C(C)C)C1. The van der Waals surface area contributed by atoms with Gasteiger partial charge in [0.2, 0.25) is 0 Å². The molecule has 0 spiro atoms. The van der Waals surface area contributed by atoms with Crippen LogP contribution in [0.25, 0.3) is 0 Å². The molecule has 1 fully saturated rings. The molecule has 20 heavy (non-hydrogen) atoms. The van der Waals surface area contributed by atoms with Crippen LogP contribution in [0, 0.1) is 11.8 Å². The van der Waals surface area contributed by atoms with E-state index in [4.69, 9.17) is 10.5 Å².